The largest absolute Gasteiger partial charge is 0.478 e. The molecule has 0 saturated heterocycles. The molecule has 2 aromatic carbocycles. The van der Waals surface area contributed by atoms with Crippen LogP contribution < -0.4 is 0 Å². The predicted octanol–water partition coefficient (Wildman–Crippen LogP) is 4.95. The number of aromatic carboxylic acids is 1. The molecule has 23 heavy (non-hydrogen) atoms. The van der Waals surface area contributed by atoms with Crippen LogP contribution in [0.25, 0.3) is 22.2 Å². The van der Waals surface area contributed by atoms with Gasteiger partial charge in [-0.15, -0.1) is 0 Å². The summed E-state index contributed by atoms with van der Waals surface area (Å²) < 4.78 is 27.7. The van der Waals surface area contributed by atoms with Crippen molar-refractivity contribution in [3.8, 4) is 11.3 Å². The van der Waals surface area contributed by atoms with E-state index in [0.717, 1.165) is 22.7 Å². The fraction of sp³-hybridized carbons (Fsp3) is 0.0588. The number of carboxylic acids is 1. The average Bonchev–Trinajstić information content (AvgIpc) is 2.45. The number of rotatable bonds is 2. The summed E-state index contributed by atoms with van der Waals surface area (Å²) in [5, 5.41) is 10.0. The van der Waals surface area contributed by atoms with Crippen LogP contribution in [0.4, 0.5) is 8.78 Å². The fourth-order valence-corrected chi connectivity index (χ4v) is 2.94. The Kier molecular flexibility index (Phi) is 3.85. The average molecular weight is 378 g/mol. The van der Waals surface area contributed by atoms with Gasteiger partial charge in [0.25, 0.3) is 0 Å². The first-order chi connectivity index (χ1) is 10.9. The molecule has 1 aromatic heterocycles. The minimum Gasteiger partial charge on any atom is -0.478 e. The highest BCUT2D eigenvalue weighted by molar-refractivity contribution is 9.10. The van der Waals surface area contributed by atoms with E-state index in [-0.39, 0.29) is 16.8 Å². The Labute approximate surface area is 138 Å². The molecule has 116 valence electrons. The lowest BCUT2D eigenvalue weighted by Gasteiger charge is -2.12. The Balaban J connectivity index is 2.40. The van der Waals surface area contributed by atoms with Gasteiger partial charge in [-0.2, -0.15) is 0 Å². The topological polar surface area (TPSA) is 50.2 Å². The SMILES string of the molecule is Cc1c(-c2cc(F)cc(F)c2)nc2ccc(Br)cc2c1C(=O)O. The van der Waals surface area contributed by atoms with Gasteiger partial charge in [-0.25, -0.2) is 18.6 Å². The summed E-state index contributed by atoms with van der Waals surface area (Å²) in [6.45, 7) is 1.58. The van der Waals surface area contributed by atoms with E-state index < -0.39 is 17.6 Å². The molecular weight excluding hydrogens is 368 g/mol. The highest BCUT2D eigenvalue weighted by Gasteiger charge is 2.19. The Morgan fingerprint density at radius 1 is 1.13 bits per heavy atom. The van der Waals surface area contributed by atoms with Crippen LogP contribution >= 0.6 is 15.9 Å². The number of aromatic nitrogens is 1. The van der Waals surface area contributed by atoms with Crippen molar-refractivity contribution in [3.05, 3.63) is 63.6 Å². The first-order valence-electron chi connectivity index (χ1n) is 6.66. The Morgan fingerprint density at radius 2 is 1.78 bits per heavy atom. The lowest BCUT2D eigenvalue weighted by atomic mass is 9.97. The van der Waals surface area contributed by atoms with E-state index in [1.807, 2.05) is 0 Å². The van der Waals surface area contributed by atoms with Crippen molar-refractivity contribution in [1.82, 2.24) is 4.98 Å². The molecule has 0 fully saturated rings. The molecule has 3 nitrogen and oxygen atoms in total. The molecule has 0 atom stereocenters. The van der Waals surface area contributed by atoms with Crippen molar-refractivity contribution in [2.24, 2.45) is 0 Å². The van der Waals surface area contributed by atoms with E-state index in [2.05, 4.69) is 20.9 Å². The third-order valence-corrected chi connectivity index (χ3v) is 4.03. The highest BCUT2D eigenvalue weighted by Crippen LogP contribution is 2.31. The molecule has 1 N–H and O–H groups in total. The van der Waals surface area contributed by atoms with Gasteiger partial charge < -0.3 is 5.11 Å². The molecule has 0 aliphatic rings. The van der Waals surface area contributed by atoms with E-state index in [4.69, 9.17) is 0 Å². The fourth-order valence-electron chi connectivity index (χ4n) is 2.58. The Morgan fingerprint density at radius 3 is 2.39 bits per heavy atom. The maximum Gasteiger partial charge on any atom is 0.336 e. The van der Waals surface area contributed by atoms with Gasteiger partial charge in [-0.3, -0.25) is 0 Å². The van der Waals surface area contributed by atoms with Crippen LogP contribution in [0.2, 0.25) is 0 Å². The van der Waals surface area contributed by atoms with E-state index in [0.29, 0.717) is 16.5 Å². The second-order valence-corrected chi connectivity index (χ2v) is 6.00. The third-order valence-electron chi connectivity index (χ3n) is 3.54. The number of halogens is 3. The molecule has 0 spiro atoms. The van der Waals surface area contributed by atoms with Gasteiger partial charge in [0.1, 0.15) is 11.6 Å². The van der Waals surface area contributed by atoms with Crippen LogP contribution in [0, 0.1) is 18.6 Å². The maximum atomic E-state index is 13.5. The van der Waals surface area contributed by atoms with Crippen molar-refractivity contribution in [3.63, 3.8) is 0 Å². The van der Waals surface area contributed by atoms with Gasteiger partial charge >= 0.3 is 5.97 Å². The number of hydrogen-bond acceptors (Lipinski definition) is 2. The molecule has 0 unspecified atom stereocenters. The second-order valence-electron chi connectivity index (χ2n) is 5.09. The summed E-state index contributed by atoms with van der Waals surface area (Å²) in [5.41, 5.74) is 1.31. The highest BCUT2D eigenvalue weighted by atomic mass is 79.9. The van der Waals surface area contributed by atoms with Crippen molar-refractivity contribution in [1.29, 1.82) is 0 Å². The van der Waals surface area contributed by atoms with Crippen LogP contribution in [-0.4, -0.2) is 16.1 Å². The van der Waals surface area contributed by atoms with Crippen molar-refractivity contribution < 1.29 is 18.7 Å². The molecule has 0 saturated carbocycles. The van der Waals surface area contributed by atoms with Gasteiger partial charge in [-0.05, 0) is 42.8 Å². The zero-order valence-corrected chi connectivity index (χ0v) is 13.5. The second kappa shape index (κ2) is 5.70. The maximum absolute atomic E-state index is 13.5. The van der Waals surface area contributed by atoms with Crippen LogP contribution in [-0.2, 0) is 0 Å². The molecule has 0 bridgehead atoms. The molecule has 0 radical (unpaired) electrons. The minimum atomic E-state index is -1.12. The van der Waals surface area contributed by atoms with Crippen molar-refractivity contribution >= 4 is 32.8 Å². The molecule has 0 amide bonds. The summed E-state index contributed by atoms with van der Waals surface area (Å²) >= 11 is 3.30. The number of benzene rings is 2. The zero-order valence-electron chi connectivity index (χ0n) is 11.9. The number of nitrogens with zero attached hydrogens (tertiary/aromatic N) is 1. The number of carboxylic acid groups (broad SMARTS) is 1. The van der Waals surface area contributed by atoms with Crippen LogP contribution in [0.1, 0.15) is 15.9 Å². The van der Waals surface area contributed by atoms with Crippen LogP contribution in [0.15, 0.2) is 40.9 Å². The van der Waals surface area contributed by atoms with Crippen LogP contribution in [0.5, 0.6) is 0 Å². The predicted molar refractivity (Wildman–Crippen MR) is 86.5 cm³/mol. The van der Waals surface area contributed by atoms with Gasteiger partial charge in [0.05, 0.1) is 16.8 Å². The van der Waals surface area contributed by atoms with E-state index in [1.54, 1.807) is 25.1 Å². The van der Waals surface area contributed by atoms with E-state index in [1.165, 1.54) is 0 Å². The molecular formula is C17H10BrF2NO2. The summed E-state index contributed by atoms with van der Waals surface area (Å²) in [6, 6.07) is 8.07. The van der Waals surface area contributed by atoms with Crippen molar-refractivity contribution in [2.75, 3.05) is 0 Å². The summed E-state index contributed by atoms with van der Waals surface area (Å²) in [5.74, 6) is -2.60. The standard InChI is InChI=1S/C17H10BrF2NO2/c1-8-15(17(22)23)13-6-10(18)2-3-14(13)21-16(8)9-4-11(19)7-12(20)5-9/h2-7H,1H3,(H,22,23). The number of pyridine rings is 1. The molecule has 3 rings (SSSR count). The molecule has 0 aliphatic heterocycles. The first kappa shape index (κ1) is 15.6. The van der Waals surface area contributed by atoms with Gasteiger partial charge in [0.2, 0.25) is 0 Å². The van der Waals surface area contributed by atoms with E-state index >= 15 is 0 Å². The van der Waals surface area contributed by atoms with Gasteiger partial charge in [0, 0.05) is 21.5 Å². The summed E-state index contributed by atoms with van der Waals surface area (Å²) in [6.07, 6.45) is 0. The molecule has 0 aliphatic carbocycles. The quantitative estimate of drug-likeness (QED) is 0.687. The minimum absolute atomic E-state index is 0.0657. The lowest BCUT2D eigenvalue weighted by Crippen LogP contribution is -2.05. The monoisotopic (exact) mass is 377 g/mol. The molecule has 3 aromatic rings. The van der Waals surface area contributed by atoms with Crippen LogP contribution in [0.3, 0.4) is 0 Å². The smallest absolute Gasteiger partial charge is 0.336 e. The summed E-state index contributed by atoms with van der Waals surface area (Å²) in [4.78, 5) is 16.1. The van der Waals surface area contributed by atoms with Gasteiger partial charge in [-0.1, -0.05) is 15.9 Å². The third kappa shape index (κ3) is 2.82. The molecule has 1 heterocycles. The van der Waals surface area contributed by atoms with E-state index in [9.17, 15) is 18.7 Å². The molecule has 6 heteroatoms. The Hall–Kier alpha value is -2.34. The van der Waals surface area contributed by atoms with Gasteiger partial charge in [0.15, 0.2) is 0 Å². The summed E-state index contributed by atoms with van der Waals surface area (Å²) in [7, 11) is 0. The number of carbonyl (C=O) groups is 1. The number of hydrogen-bond donors (Lipinski definition) is 1. The Bertz CT molecular complexity index is 937. The first-order valence-corrected chi connectivity index (χ1v) is 7.45. The normalized spacial score (nSPS) is 11.0. The van der Waals surface area contributed by atoms with Crippen molar-refractivity contribution in [2.45, 2.75) is 6.92 Å². The zero-order chi connectivity index (χ0) is 16.7. The number of fused-ring (bicyclic) bond motifs is 1. The lowest BCUT2D eigenvalue weighted by molar-refractivity contribution is 0.0698.